The van der Waals surface area contributed by atoms with Crippen LogP contribution in [0.4, 0.5) is 0 Å². The highest BCUT2D eigenvalue weighted by molar-refractivity contribution is 5.76. The van der Waals surface area contributed by atoms with Crippen LogP contribution in [0.1, 0.15) is 22.3 Å². The van der Waals surface area contributed by atoms with E-state index in [-0.39, 0.29) is 12.4 Å². The molecule has 4 nitrogen and oxygen atoms in total. The van der Waals surface area contributed by atoms with Gasteiger partial charge >= 0.3 is 5.97 Å². The maximum atomic E-state index is 10.8. The first kappa shape index (κ1) is 11.1. The molecule has 0 amide bonds. The third-order valence-electron chi connectivity index (χ3n) is 1.74. The number of hydrogen-bond donors (Lipinski definition) is 0. The van der Waals surface area contributed by atoms with Gasteiger partial charge in [0.2, 0.25) is 0 Å². The fourth-order valence-corrected chi connectivity index (χ4v) is 1.01. The second-order valence-electron chi connectivity index (χ2n) is 2.85. The van der Waals surface area contributed by atoms with E-state index < -0.39 is 0 Å². The predicted molar refractivity (Wildman–Crippen MR) is 55.3 cm³/mol. The van der Waals surface area contributed by atoms with E-state index in [0.717, 1.165) is 11.8 Å². The Bertz CT molecular complexity index is 385. The summed E-state index contributed by atoms with van der Waals surface area (Å²) >= 11 is 0. The van der Waals surface area contributed by atoms with Crippen molar-refractivity contribution in [1.29, 1.82) is 0 Å². The molecule has 0 aliphatic heterocycles. The van der Waals surface area contributed by atoms with Crippen LogP contribution in [-0.4, -0.2) is 24.3 Å². The lowest BCUT2D eigenvalue weighted by molar-refractivity contribution is -0.139. The number of carbonyl (C=O) groups is 2. The van der Waals surface area contributed by atoms with E-state index in [2.05, 4.69) is 9.72 Å². The van der Waals surface area contributed by atoms with Gasteiger partial charge in [0.15, 0.2) is 6.29 Å². The zero-order valence-electron chi connectivity index (χ0n) is 8.34. The molecule has 0 aliphatic carbocycles. The van der Waals surface area contributed by atoms with Gasteiger partial charge in [0.05, 0.1) is 13.5 Å². The molecule has 0 bridgehead atoms. The molecule has 78 valence electrons. The zero-order valence-corrected chi connectivity index (χ0v) is 8.34. The topological polar surface area (TPSA) is 56.3 Å². The number of esters is 1. The van der Waals surface area contributed by atoms with Gasteiger partial charge in [-0.15, -0.1) is 0 Å². The minimum Gasteiger partial charge on any atom is -0.469 e. The van der Waals surface area contributed by atoms with E-state index in [4.69, 9.17) is 0 Å². The Kier molecular flexibility index (Phi) is 4.22. The van der Waals surface area contributed by atoms with Crippen molar-refractivity contribution in [3.8, 4) is 0 Å². The van der Waals surface area contributed by atoms with E-state index >= 15 is 0 Å². The van der Waals surface area contributed by atoms with Crippen LogP contribution < -0.4 is 0 Å². The lowest BCUT2D eigenvalue weighted by Crippen LogP contribution is -1.96. The summed E-state index contributed by atoms with van der Waals surface area (Å²) in [5.74, 6) is -0.300. The van der Waals surface area contributed by atoms with Crippen LogP contribution in [0, 0.1) is 0 Å². The molecule has 1 rings (SSSR count). The minimum atomic E-state index is -0.300. The summed E-state index contributed by atoms with van der Waals surface area (Å²) in [4.78, 5) is 25.1. The summed E-state index contributed by atoms with van der Waals surface area (Å²) in [5, 5.41) is 0. The highest BCUT2D eigenvalue weighted by Gasteiger charge is 1.95. The second-order valence-corrected chi connectivity index (χ2v) is 2.85. The number of carbonyl (C=O) groups excluding carboxylic acids is 2. The monoisotopic (exact) mass is 205 g/mol. The Morgan fingerprint density at radius 3 is 2.87 bits per heavy atom. The van der Waals surface area contributed by atoms with Crippen molar-refractivity contribution in [2.45, 2.75) is 6.42 Å². The summed E-state index contributed by atoms with van der Waals surface area (Å²) in [7, 11) is 1.34. The SMILES string of the molecule is COC(=O)CC=Cc1cncc(C=O)c1. The number of nitrogens with zero attached hydrogens (tertiary/aromatic N) is 1. The summed E-state index contributed by atoms with van der Waals surface area (Å²) in [5.41, 5.74) is 1.29. The maximum Gasteiger partial charge on any atom is 0.309 e. The molecule has 0 fully saturated rings. The van der Waals surface area contributed by atoms with Gasteiger partial charge in [-0.1, -0.05) is 12.2 Å². The highest BCUT2D eigenvalue weighted by Crippen LogP contribution is 2.03. The molecule has 1 aromatic heterocycles. The highest BCUT2D eigenvalue weighted by atomic mass is 16.5. The van der Waals surface area contributed by atoms with Gasteiger partial charge < -0.3 is 4.74 Å². The Balaban J connectivity index is 2.63. The average Bonchev–Trinajstić information content (AvgIpc) is 2.29. The summed E-state index contributed by atoms with van der Waals surface area (Å²) < 4.78 is 4.47. The maximum absolute atomic E-state index is 10.8. The number of methoxy groups -OCH3 is 1. The normalized spacial score (nSPS) is 10.2. The third-order valence-corrected chi connectivity index (χ3v) is 1.74. The molecular weight excluding hydrogens is 194 g/mol. The van der Waals surface area contributed by atoms with Gasteiger partial charge in [0.25, 0.3) is 0 Å². The molecule has 0 aliphatic rings. The molecule has 15 heavy (non-hydrogen) atoms. The van der Waals surface area contributed by atoms with E-state index in [9.17, 15) is 9.59 Å². The summed E-state index contributed by atoms with van der Waals surface area (Å²) in [6, 6.07) is 1.69. The molecule has 1 aromatic rings. The fourth-order valence-electron chi connectivity index (χ4n) is 1.01. The first-order chi connectivity index (χ1) is 7.26. The quantitative estimate of drug-likeness (QED) is 0.551. The van der Waals surface area contributed by atoms with Crippen LogP contribution in [0.3, 0.4) is 0 Å². The minimum absolute atomic E-state index is 0.210. The van der Waals surface area contributed by atoms with Crippen molar-refractivity contribution in [3.63, 3.8) is 0 Å². The van der Waals surface area contributed by atoms with Crippen molar-refractivity contribution >= 4 is 18.3 Å². The molecule has 0 radical (unpaired) electrons. The average molecular weight is 205 g/mol. The van der Waals surface area contributed by atoms with Crippen LogP contribution in [0.25, 0.3) is 6.08 Å². The molecule has 1 heterocycles. The van der Waals surface area contributed by atoms with E-state index in [1.165, 1.54) is 13.3 Å². The number of pyridine rings is 1. The third kappa shape index (κ3) is 3.72. The van der Waals surface area contributed by atoms with E-state index in [1.807, 2.05) is 0 Å². The van der Waals surface area contributed by atoms with E-state index in [1.54, 1.807) is 24.4 Å². The van der Waals surface area contributed by atoms with Crippen molar-refractivity contribution in [3.05, 3.63) is 35.7 Å². The summed E-state index contributed by atoms with van der Waals surface area (Å²) in [6.45, 7) is 0. The van der Waals surface area contributed by atoms with Gasteiger partial charge in [-0.05, 0) is 11.6 Å². The lowest BCUT2D eigenvalue weighted by Gasteiger charge is -1.94. The first-order valence-electron chi connectivity index (χ1n) is 4.40. The Morgan fingerprint density at radius 2 is 2.20 bits per heavy atom. The van der Waals surface area contributed by atoms with Crippen LogP contribution in [0.15, 0.2) is 24.5 Å². The number of ether oxygens (including phenoxy) is 1. The Labute approximate surface area is 87.6 Å². The van der Waals surface area contributed by atoms with Crippen LogP contribution >= 0.6 is 0 Å². The first-order valence-corrected chi connectivity index (χ1v) is 4.40. The fraction of sp³-hybridized carbons (Fsp3) is 0.182. The lowest BCUT2D eigenvalue weighted by atomic mass is 10.2. The molecular formula is C11H11NO3. The van der Waals surface area contributed by atoms with Crippen molar-refractivity contribution in [2.24, 2.45) is 0 Å². The van der Waals surface area contributed by atoms with Crippen LogP contribution in [0.2, 0.25) is 0 Å². The van der Waals surface area contributed by atoms with Gasteiger partial charge in [-0.3, -0.25) is 14.6 Å². The predicted octanol–water partition coefficient (Wildman–Crippen LogP) is 1.47. The number of hydrogen-bond acceptors (Lipinski definition) is 4. The zero-order chi connectivity index (χ0) is 11.1. The Morgan fingerprint density at radius 1 is 1.47 bits per heavy atom. The van der Waals surface area contributed by atoms with Gasteiger partial charge in [-0.25, -0.2) is 0 Å². The number of rotatable bonds is 4. The molecule has 0 saturated carbocycles. The van der Waals surface area contributed by atoms with E-state index in [0.29, 0.717) is 5.56 Å². The standard InChI is InChI=1S/C11H11NO3/c1-15-11(14)4-2-3-9-5-10(8-13)7-12-6-9/h2-3,5-8H,4H2,1H3. The molecule has 0 N–H and O–H groups in total. The largest absolute Gasteiger partial charge is 0.469 e. The molecule has 0 saturated heterocycles. The molecule has 4 heteroatoms. The number of aromatic nitrogens is 1. The van der Waals surface area contributed by atoms with Gasteiger partial charge in [0.1, 0.15) is 0 Å². The van der Waals surface area contributed by atoms with Crippen LogP contribution in [-0.2, 0) is 9.53 Å². The molecule has 0 aromatic carbocycles. The molecule has 0 unspecified atom stereocenters. The van der Waals surface area contributed by atoms with Gasteiger partial charge in [-0.2, -0.15) is 0 Å². The second kappa shape index (κ2) is 5.70. The smallest absolute Gasteiger partial charge is 0.309 e. The summed E-state index contributed by atoms with van der Waals surface area (Å²) in [6.07, 6.45) is 7.41. The van der Waals surface area contributed by atoms with Crippen molar-refractivity contribution < 1.29 is 14.3 Å². The van der Waals surface area contributed by atoms with Crippen LogP contribution in [0.5, 0.6) is 0 Å². The van der Waals surface area contributed by atoms with Gasteiger partial charge in [0, 0.05) is 18.0 Å². The molecule has 0 atom stereocenters. The Hall–Kier alpha value is -1.97. The van der Waals surface area contributed by atoms with Crippen molar-refractivity contribution in [1.82, 2.24) is 4.98 Å². The van der Waals surface area contributed by atoms with Crippen molar-refractivity contribution in [2.75, 3.05) is 7.11 Å². The number of aldehydes is 1. The molecule has 0 spiro atoms.